The fourth-order valence-corrected chi connectivity index (χ4v) is 4.03. The maximum Gasteiger partial charge on any atom is 0.138 e. The standard InChI is InChI=1S/C25H20ClN3/c1-17-24(20-12-14-21(26)15-13-20)25-27-22(18-8-4-2-5-9-18)16-23(29(25)28-17)19-10-6-3-7-11-19/h2-16,23,27H,1H3/t23-/m0/s1. The van der Waals surface area contributed by atoms with Crippen LogP contribution in [0.5, 0.6) is 0 Å². The van der Waals surface area contributed by atoms with Crippen molar-refractivity contribution in [2.75, 3.05) is 5.32 Å². The summed E-state index contributed by atoms with van der Waals surface area (Å²) in [6.45, 7) is 2.06. The number of benzene rings is 3. The number of rotatable bonds is 3. The first kappa shape index (κ1) is 17.8. The minimum atomic E-state index is 0.0161. The van der Waals surface area contributed by atoms with Crippen molar-refractivity contribution in [1.82, 2.24) is 9.78 Å². The molecule has 0 fully saturated rings. The smallest absolute Gasteiger partial charge is 0.138 e. The number of nitrogens with one attached hydrogen (secondary N) is 1. The predicted molar refractivity (Wildman–Crippen MR) is 120 cm³/mol. The van der Waals surface area contributed by atoms with Gasteiger partial charge in [-0.25, -0.2) is 4.68 Å². The molecule has 5 rings (SSSR count). The summed E-state index contributed by atoms with van der Waals surface area (Å²) in [4.78, 5) is 0. The first-order valence-corrected chi connectivity index (χ1v) is 10.0. The number of nitrogens with zero attached hydrogens (tertiary/aromatic N) is 2. The second kappa shape index (κ2) is 7.26. The summed E-state index contributed by atoms with van der Waals surface area (Å²) in [7, 11) is 0. The van der Waals surface area contributed by atoms with E-state index in [1.54, 1.807) is 0 Å². The van der Waals surface area contributed by atoms with Crippen LogP contribution in [0.3, 0.4) is 0 Å². The Labute approximate surface area is 175 Å². The monoisotopic (exact) mass is 397 g/mol. The molecule has 0 unspecified atom stereocenters. The highest BCUT2D eigenvalue weighted by Gasteiger charge is 2.27. The topological polar surface area (TPSA) is 29.9 Å². The van der Waals surface area contributed by atoms with Gasteiger partial charge in [-0.3, -0.25) is 0 Å². The van der Waals surface area contributed by atoms with Crippen LogP contribution < -0.4 is 5.32 Å². The Hall–Kier alpha value is -3.30. The zero-order valence-corrected chi connectivity index (χ0v) is 16.8. The lowest BCUT2D eigenvalue weighted by Gasteiger charge is -2.26. The van der Waals surface area contributed by atoms with Crippen LogP contribution >= 0.6 is 11.6 Å². The van der Waals surface area contributed by atoms with E-state index in [0.29, 0.717) is 0 Å². The van der Waals surface area contributed by atoms with Gasteiger partial charge in [0, 0.05) is 16.3 Å². The Morgan fingerprint density at radius 3 is 2.17 bits per heavy atom. The number of fused-ring (bicyclic) bond motifs is 1. The Kier molecular flexibility index (Phi) is 4.45. The second-order valence-corrected chi connectivity index (χ2v) is 7.62. The zero-order valence-electron chi connectivity index (χ0n) is 16.0. The minimum absolute atomic E-state index is 0.0161. The van der Waals surface area contributed by atoms with Crippen molar-refractivity contribution in [3.05, 3.63) is 113 Å². The second-order valence-electron chi connectivity index (χ2n) is 7.19. The number of aryl methyl sites for hydroxylation is 1. The van der Waals surface area contributed by atoms with Crippen molar-refractivity contribution in [2.45, 2.75) is 13.0 Å². The van der Waals surface area contributed by atoms with Crippen molar-refractivity contribution in [2.24, 2.45) is 0 Å². The third-order valence-electron chi connectivity index (χ3n) is 5.29. The van der Waals surface area contributed by atoms with Crippen LogP contribution in [0, 0.1) is 6.92 Å². The summed E-state index contributed by atoms with van der Waals surface area (Å²) < 4.78 is 2.08. The lowest BCUT2D eigenvalue weighted by Crippen LogP contribution is -2.20. The highest BCUT2D eigenvalue weighted by molar-refractivity contribution is 6.30. The Morgan fingerprint density at radius 2 is 1.48 bits per heavy atom. The molecule has 1 atom stereocenters. The maximum absolute atomic E-state index is 6.12. The third-order valence-corrected chi connectivity index (χ3v) is 5.54. The van der Waals surface area contributed by atoms with Gasteiger partial charge >= 0.3 is 0 Å². The van der Waals surface area contributed by atoms with E-state index in [1.807, 2.05) is 36.4 Å². The molecule has 0 bridgehead atoms. The highest BCUT2D eigenvalue weighted by atomic mass is 35.5. The Bertz CT molecular complexity index is 1180. The van der Waals surface area contributed by atoms with E-state index in [-0.39, 0.29) is 6.04 Å². The summed E-state index contributed by atoms with van der Waals surface area (Å²) in [5.74, 6) is 1.00. The van der Waals surface area contributed by atoms with Crippen molar-refractivity contribution < 1.29 is 0 Å². The molecular weight excluding hydrogens is 378 g/mol. The molecule has 3 nitrogen and oxygen atoms in total. The number of halogens is 1. The molecule has 3 aromatic carbocycles. The molecule has 142 valence electrons. The fourth-order valence-electron chi connectivity index (χ4n) is 3.90. The maximum atomic E-state index is 6.12. The number of allylic oxidation sites excluding steroid dienone is 1. The molecule has 4 heteroatoms. The van der Waals surface area contributed by atoms with Gasteiger partial charge in [0.1, 0.15) is 5.82 Å². The lowest BCUT2D eigenvalue weighted by atomic mass is 10.00. The van der Waals surface area contributed by atoms with E-state index >= 15 is 0 Å². The molecule has 1 aliphatic heterocycles. The molecule has 4 aromatic rings. The summed E-state index contributed by atoms with van der Waals surface area (Å²) in [6.07, 6.45) is 2.25. The van der Waals surface area contributed by atoms with Gasteiger partial charge in [0.15, 0.2) is 0 Å². The van der Waals surface area contributed by atoms with Crippen LogP contribution in [0.15, 0.2) is 91.0 Å². The fraction of sp³-hybridized carbons (Fsp3) is 0.0800. The molecule has 0 spiro atoms. The van der Waals surface area contributed by atoms with Crippen molar-refractivity contribution >= 4 is 23.1 Å². The van der Waals surface area contributed by atoms with E-state index in [1.165, 1.54) is 5.56 Å². The van der Waals surface area contributed by atoms with Crippen LogP contribution in [0.25, 0.3) is 16.8 Å². The molecule has 1 aliphatic rings. The average Bonchev–Trinajstić information content (AvgIpc) is 3.10. The van der Waals surface area contributed by atoms with Crippen LogP contribution in [0.2, 0.25) is 5.02 Å². The quantitative estimate of drug-likeness (QED) is 0.423. The molecule has 0 aliphatic carbocycles. The molecule has 1 N–H and O–H groups in total. The first-order valence-electron chi connectivity index (χ1n) is 9.65. The van der Waals surface area contributed by atoms with Gasteiger partial charge in [-0.05, 0) is 41.8 Å². The van der Waals surface area contributed by atoms with Gasteiger partial charge in [-0.15, -0.1) is 0 Å². The number of aromatic nitrogens is 2. The van der Waals surface area contributed by atoms with Gasteiger partial charge in [-0.2, -0.15) is 5.10 Å². The number of anilines is 1. The lowest BCUT2D eigenvalue weighted by molar-refractivity contribution is 0.608. The van der Waals surface area contributed by atoms with Gasteiger partial charge in [0.2, 0.25) is 0 Å². The van der Waals surface area contributed by atoms with Crippen LogP contribution in [-0.2, 0) is 0 Å². The van der Waals surface area contributed by atoms with Gasteiger partial charge in [0.25, 0.3) is 0 Å². The van der Waals surface area contributed by atoms with E-state index in [0.717, 1.165) is 38.9 Å². The van der Waals surface area contributed by atoms with E-state index in [2.05, 4.69) is 71.5 Å². The number of hydrogen-bond acceptors (Lipinski definition) is 2. The van der Waals surface area contributed by atoms with Crippen LogP contribution in [0.4, 0.5) is 5.82 Å². The average molecular weight is 398 g/mol. The largest absolute Gasteiger partial charge is 0.340 e. The molecule has 2 heterocycles. The molecule has 1 aromatic heterocycles. The minimum Gasteiger partial charge on any atom is -0.340 e. The van der Waals surface area contributed by atoms with Crippen molar-refractivity contribution in [3.63, 3.8) is 0 Å². The Morgan fingerprint density at radius 1 is 0.828 bits per heavy atom. The van der Waals surface area contributed by atoms with E-state index in [4.69, 9.17) is 16.7 Å². The molecule has 0 saturated carbocycles. The highest BCUT2D eigenvalue weighted by Crippen LogP contribution is 2.41. The van der Waals surface area contributed by atoms with E-state index < -0.39 is 0 Å². The SMILES string of the molecule is Cc1nn2c(c1-c1ccc(Cl)cc1)NC(c1ccccc1)=C[C@H]2c1ccccc1. The molecule has 0 saturated heterocycles. The van der Waals surface area contributed by atoms with Gasteiger partial charge in [-0.1, -0.05) is 84.4 Å². The first-order chi connectivity index (χ1) is 14.2. The predicted octanol–water partition coefficient (Wildman–Crippen LogP) is 6.57. The summed E-state index contributed by atoms with van der Waals surface area (Å²) in [5, 5.41) is 9.29. The van der Waals surface area contributed by atoms with Gasteiger partial charge < -0.3 is 5.32 Å². The molecule has 29 heavy (non-hydrogen) atoms. The van der Waals surface area contributed by atoms with Crippen molar-refractivity contribution in [1.29, 1.82) is 0 Å². The summed E-state index contributed by atoms with van der Waals surface area (Å²) in [6, 6.07) is 28.9. The van der Waals surface area contributed by atoms with E-state index in [9.17, 15) is 0 Å². The number of hydrogen-bond donors (Lipinski definition) is 1. The van der Waals surface area contributed by atoms with Crippen LogP contribution in [-0.4, -0.2) is 9.78 Å². The molecule has 0 radical (unpaired) electrons. The zero-order chi connectivity index (χ0) is 19.8. The summed E-state index contributed by atoms with van der Waals surface area (Å²) in [5.41, 5.74) is 6.63. The van der Waals surface area contributed by atoms with Crippen LogP contribution in [0.1, 0.15) is 22.9 Å². The molecular formula is C25H20ClN3. The summed E-state index contributed by atoms with van der Waals surface area (Å²) >= 11 is 6.12. The Balaban J connectivity index is 1.70. The third kappa shape index (κ3) is 3.24. The normalized spacial score (nSPS) is 15.4. The molecule has 0 amide bonds. The van der Waals surface area contributed by atoms with Gasteiger partial charge in [0.05, 0.1) is 11.7 Å². The van der Waals surface area contributed by atoms with Crippen molar-refractivity contribution in [3.8, 4) is 11.1 Å².